The number of hydrogen-bond acceptors (Lipinski definition) is 3. The van der Waals surface area contributed by atoms with Gasteiger partial charge in [-0.15, -0.1) is 0 Å². The molecular formula is C17H15NO3S. The van der Waals surface area contributed by atoms with Gasteiger partial charge in [-0.05, 0) is 41.0 Å². The molecule has 0 amide bonds. The van der Waals surface area contributed by atoms with Crippen LogP contribution in [-0.4, -0.2) is 13.4 Å². The van der Waals surface area contributed by atoms with Crippen molar-refractivity contribution in [3.8, 4) is 0 Å². The van der Waals surface area contributed by atoms with Crippen LogP contribution < -0.4 is 5.06 Å². The van der Waals surface area contributed by atoms with Gasteiger partial charge in [0.15, 0.2) is 0 Å². The molecule has 0 saturated heterocycles. The van der Waals surface area contributed by atoms with Crippen molar-refractivity contribution in [2.45, 2.75) is 13.3 Å². The molecule has 1 heterocycles. The molecule has 0 fully saturated rings. The number of benzene rings is 2. The average molecular weight is 313 g/mol. The van der Waals surface area contributed by atoms with Gasteiger partial charge < -0.3 is 10.3 Å². The van der Waals surface area contributed by atoms with Gasteiger partial charge in [-0.1, -0.05) is 36.4 Å². The standard InChI is InChI=1S/C17H15NO3S/c1-12-8-9-13-5-2-3-7-15(13)16(12)11-14-6-4-10-18(19)17(14)22(20)21/h2-10,18H,11H2,1H3. The maximum Gasteiger partial charge on any atom is 0.277 e. The molecule has 0 radical (unpaired) electrons. The minimum Gasteiger partial charge on any atom is -0.623 e. The topological polar surface area (TPSA) is 61.6 Å². The number of hydroxylamine groups is 2. The third-order valence-electron chi connectivity index (χ3n) is 3.87. The van der Waals surface area contributed by atoms with E-state index in [1.54, 1.807) is 12.2 Å². The van der Waals surface area contributed by atoms with Crippen molar-refractivity contribution >= 4 is 26.1 Å². The van der Waals surface area contributed by atoms with Crippen molar-refractivity contribution in [2.24, 2.45) is 0 Å². The summed E-state index contributed by atoms with van der Waals surface area (Å²) in [6, 6.07) is 12.0. The van der Waals surface area contributed by atoms with Crippen LogP contribution in [0.25, 0.3) is 10.8 Å². The Bertz CT molecular complexity index is 932. The second-order valence-electron chi connectivity index (χ2n) is 5.24. The van der Waals surface area contributed by atoms with Crippen LogP contribution in [0.3, 0.4) is 0 Å². The summed E-state index contributed by atoms with van der Waals surface area (Å²) in [6.07, 6.45) is 5.01. The van der Waals surface area contributed by atoms with Crippen LogP contribution in [0.2, 0.25) is 0 Å². The molecule has 0 saturated carbocycles. The molecule has 0 aromatic heterocycles. The molecule has 1 N–H and O–H groups in total. The Labute approximate surface area is 130 Å². The normalized spacial score (nSPS) is 17.6. The predicted molar refractivity (Wildman–Crippen MR) is 87.9 cm³/mol. The zero-order valence-electron chi connectivity index (χ0n) is 12.0. The molecule has 1 aliphatic rings. The molecular weight excluding hydrogens is 298 g/mol. The van der Waals surface area contributed by atoms with E-state index < -0.39 is 15.4 Å². The van der Waals surface area contributed by atoms with E-state index in [9.17, 15) is 13.6 Å². The summed E-state index contributed by atoms with van der Waals surface area (Å²) in [5.41, 5.74) is 2.67. The van der Waals surface area contributed by atoms with Gasteiger partial charge in [0.2, 0.25) is 0 Å². The van der Waals surface area contributed by atoms with E-state index in [-0.39, 0.29) is 4.99 Å². The number of quaternary nitrogens is 1. The molecule has 22 heavy (non-hydrogen) atoms. The fourth-order valence-electron chi connectivity index (χ4n) is 2.76. The first-order valence-electron chi connectivity index (χ1n) is 6.93. The molecule has 3 rings (SSSR count). The number of nitrogens with one attached hydrogen (secondary N) is 1. The molecule has 5 heteroatoms. The lowest BCUT2D eigenvalue weighted by Crippen LogP contribution is -3.06. The lowest BCUT2D eigenvalue weighted by molar-refractivity contribution is -0.680. The Morgan fingerprint density at radius 1 is 1.14 bits per heavy atom. The van der Waals surface area contributed by atoms with Gasteiger partial charge in [0.25, 0.3) is 15.3 Å². The first-order chi connectivity index (χ1) is 10.6. The molecule has 2 aromatic rings. The van der Waals surface area contributed by atoms with Crippen molar-refractivity contribution in [1.29, 1.82) is 0 Å². The van der Waals surface area contributed by atoms with Gasteiger partial charge in [-0.2, -0.15) is 8.42 Å². The molecule has 1 unspecified atom stereocenters. The van der Waals surface area contributed by atoms with Crippen molar-refractivity contribution in [3.05, 3.63) is 76.7 Å². The third kappa shape index (κ3) is 2.62. The SMILES string of the molecule is Cc1ccc2ccccc2c1CC1=CC=C[NH+]([O-])C1=S(=O)=O. The Kier molecular flexibility index (Phi) is 3.94. The number of rotatable bonds is 2. The Hall–Kier alpha value is -2.21. The van der Waals surface area contributed by atoms with Crippen molar-refractivity contribution in [1.82, 2.24) is 0 Å². The van der Waals surface area contributed by atoms with E-state index in [2.05, 4.69) is 0 Å². The fraction of sp³-hybridized carbons (Fsp3) is 0.118. The summed E-state index contributed by atoms with van der Waals surface area (Å²) in [5.74, 6) is 0. The minimum atomic E-state index is -2.53. The molecule has 0 spiro atoms. The fourth-order valence-corrected chi connectivity index (χ4v) is 3.35. The van der Waals surface area contributed by atoms with Crippen LogP contribution in [0.1, 0.15) is 11.1 Å². The Balaban J connectivity index is 2.14. The summed E-state index contributed by atoms with van der Waals surface area (Å²) < 4.78 is 22.8. The Morgan fingerprint density at radius 3 is 2.68 bits per heavy atom. The maximum absolute atomic E-state index is 11.8. The summed E-state index contributed by atoms with van der Waals surface area (Å²) >= 11 is 0. The summed E-state index contributed by atoms with van der Waals surface area (Å²) in [5, 5.41) is 13.6. The molecule has 1 atom stereocenters. The van der Waals surface area contributed by atoms with Crippen LogP contribution in [0, 0.1) is 12.1 Å². The molecule has 0 aliphatic carbocycles. The highest BCUT2D eigenvalue weighted by atomic mass is 32.2. The van der Waals surface area contributed by atoms with Crippen molar-refractivity contribution in [3.63, 3.8) is 0 Å². The van der Waals surface area contributed by atoms with Gasteiger partial charge >= 0.3 is 0 Å². The van der Waals surface area contributed by atoms with Gasteiger partial charge in [-0.3, -0.25) is 0 Å². The van der Waals surface area contributed by atoms with Crippen molar-refractivity contribution < 1.29 is 13.5 Å². The third-order valence-corrected chi connectivity index (χ3v) is 4.67. The largest absolute Gasteiger partial charge is 0.623 e. The molecule has 4 nitrogen and oxygen atoms in total. The molecule has 112 valence electrons. The molecule has 1 aliphatic heterocycles. The smallest absolute Gasteiger partial charge is 0.277 e. The van der Waals surface area contributed by atoms with E-state index in [1.807, 2.05) is 43.3 Å². The second-order valence-corrected chi connectivity index (χ2v) is 6.12. The molecule has 2 aromatic carbocycles. The summed E-state index contributed by atoms with van der Waals surface area (Å²) in [7, 11) is -2.53. The lowest BCUT2D eigenvalue weighted by Gasteiger charge is -2.22. The van der Waals surface area contributed by atoms with Gasteiger partial charge in [0.1, 0.15) is 6.20 Å². The highest BCUT2D eigenvalue weighted by Crippen LogP contribution is 2.25. The average Bonchev–Trinajstić information content (AvgIpc) is 2.50. The number of aryl methyl sites for hydroxylation is 1. The minimum absolute atomic E-state index is 0.130. The zero-order chi connectivity index (χ0) is 15.7. The molecule has 0 bridgehead atoms. The van der Waals surface area contributed by atoms with E-state index >= 15 is 0 Å². The van der Waals surface area contributed by atoms with Gasteiger partial charge in [-0.25, -0.2) is 0 Å². The first-order valence-corrected chi connectivity index (χ1v) is 8.01. The highest BCUT2D eigenvalue weighted by Gasteiger charge is 2.20. The zero-order valence-corrected chi connectivity index (χ0v) is 12.9. The predicted octanol–water partition coefficient (Wildman–Crippen LogP) is 1.54. The van der Waals surface area contributed by atoms with Crippen LogP contribution in [0.5, 0.6) is 0 Å². The second kappa shape index (κ2) is 5.88. The van der Waals surface area contributed by atoms with Gasteiger partial charge in [0, 0.05) is 12.0 Å². The van der Waals surface area contributed by atoms with Crippen LogP contribution in [-0.2, 0) is 16.7 Å². The summed E-state index contributed by atoms with van der Waals surface area (Å²) in [6.45, 7) is 2.00. The monoisotopic (exact) mass is 313 g/mol. The quantitative estimate of drug-likeness (QED) is 0.676. The van der Waals surface area contributed by atoms with E-state index in [1.165, 1.54) is 6.20 Å². The van der Waals surface area contributed by atoms with E-state index in [4.69, 9.17) is 0 Å². The van der Waals surface area contributed by atoms with E-state index in [0.29, 0.717) is 12.0 Å². The van der Waals surface area contributed by atoms with Crippen LogP contribution in [0.15, 0.2) is 60.3 Å². The van der Waals surface area contributed by atoms with Crippen LogP contribution >= 0.6 is 0 Å². The lowest BCUT2D eigenvalue weighted by atomic mass is 9.93. The number of fused-ring (bicyclic) bond motifs is 1. The van der Waals surface area contributed by atoms with Crippen LogP contribution in [0.4, 0.5) is 0 Å². The Morgan fingerprint density at radius 2 is 1.91 bits per heavy atom. The number of hydrogen-bond donors (Lipinski definition) is 1. The number of allylic oxidation sites excluding steroid dienone is 2. The van der Waals surface area contributed by atoms with Crippen molar-refractivity contribution in [2.75, 3.05) is 0 Å². The summed E-state index contributed by atoms with van der Waals surface area (Å²) in [4.78, 5) is -0.130. The first kappa shape index (κ1) is 14.7. The highest BCUT2D eigenvalue weighted by molar-refractivity contribution is 7.72. The maximum atomic E-state index is 11.8. The van der Waals surface area contributed by atoms with Gasteiger partial charge in [0.05, 0.1) is 0 Å². The van der Waals surface area contributed by atoms with E-state index in [0.717, 1.165) is 21.9 Å².